The van der Waals surface area contributed by atoms with Crippen molar-refractivity contribution in [2.24, 2.45) is 0 Å². The molecular weight excluding hydrogens is 295 g/mol. The molecular formula is C16H25BN2O4. The first-order valence-corrected chi connectivity index (χ1v) is 7.79. The summed E-state index contributed by atoms with van der Waals surface area (Å²) >= 11 is 0. The molecule has 0 saturated carbocycles. The van der Waals surface area contributed by atoms with E-state index >= 15 is 0 Å². The average Bonchev–Trinajstić information content (AvgIpc) is 2.56. The van der Waals surface area contributed by atoms with Crippen LogP contribution in [0.3, 0.4) is 0 Å². The van der Waals surface area contributed by atoms with Crippen molar-refractivity contribution in [3.63, 3.8) is 0 Å². The van der Waals surface area contributed by atoms with Crippen molar-refractivity contribution in [2.75, 3.05) is 0 Å². The largest absolute Gasteiger partial charge is 0.514 e. The predicted octanol–water partition coefficient (Wildman–Crippen LogP) is 1.66. The lowest BCUT2D eigenvalue weighted by molar-refractivity contribution is -0.154. The highest BCUT2D eigenvalue weighted by molar-refractivity contribution is 6.61. The van der Waals surface area contributed by atoms with Gasteiger partial charge in [-0.05, 0) is 54.5 Å². The maximum atomic E-state index is 11.9. The Hall–Kier alpha value is -1.47. The average molecular weight is 320 g/mol. The lowest BCUT2D eigenvalue weighted by Crippen LogP contribution is -2.41. The van der Waals surface area contributed by atoms with E-state index in [1.165, 1.54) is 0 Å². The van der Waals surface area contributed by atoms with Crippen LogP contribution in [-0.4, -0.2) is 39.9 Å². The molecule has 0 N–H and O–H groups in total. The van der Waals surface area contributed by atoms with Crippen molar-refractivity contribution in [3.8, 4) is 0 Å². The number of esters is 1. The van der Waals surface area contributed by atoms with Crippen LogP contribution < -0.4 is 5.59 Å². The molecule has 0 bridgehead atoms. The molecule has 1 aromatic rings. The summed E-state index contributed by atoms with van der Waals surface area (Å²) in [4.78, 5) is 20.4. The number of aromatic nitrogens is 2. The molecule has 0 spiro atoms. The van der Waals surface area contributed by atoms with Crippen molar-refractivity contribution >= 4 is 18.7 Å². The fraction of sp³-hybridized carbons (Fsp3) is 0.688. The third-order valence-corrected chi connectivity index (χ3v) is 3.94. The summed E-state index contributed by atoms with van der Waals surface area (Å²) in [6.07, 6.45) is 1.62. The topological polar surface area (TPSA) is 70.5 Å². The van der Waals surface area contributed by atoms with Gasteiger partial charge in [-0.2, -0.15) is 0 Å². The Morgan fingerprint density at radius 2 is 1.78 bits per heavy atom. The number of carbonyl (C=O) groups excluding carboxylic acids is 1. The summed E-state index contributed by atoms with van der Waals surface area (Å²) in [5.41, 5.74) is -0.792. The zero-order valence-electron chi connectivity index (χ0n) is 15.0. The van der Waals surface area contributed by atoms with Crippen molar-refractivity contribution in [3.05, 3.63) is 18.1 Å². The van der Waals surface area contributed by atoms with Crippen molar-refractivity contribution in [1.29, 1.82) is 0 Å². The second-order valence-corrected chi connectivity index (χ2v) is 7.75. The Morgan fingerprint density at radius 1 is 1.22 bits per heavy atom. The summed E-state index contributed by atoms with van der Waals surface area (Å²) in [5.74, 6) is 0.0371. The van der Waals surface area contributed by atoms with Gasteiger partial charge in [0.25, 0.3) is 0 Å². The molecule has 23 heavy (non-hydrogen) atoms. The van der Waals surface area contributed by atoms with Gasteiger partial charge in [0.05, 0.1) is 16.8 Å². The normalized spacial score (nSPS) is 19.7. The molecule has 1 aliphatic heterocycles. The third kappa shape index (κ3) is 4.29. The quantitative estimate of drug-likeness (QED) is 0.623. The number of hydrogen-bond acceptors (Lipinski definition) is 6. The Bertz CT molecular complexity index is 580. The van der Waals surface area contributed by atoms with Gasteiger partial charge in [0.15, 0.2) is 0 Å². The summed E-state index contributed by atoms with van der Waals surface area (Å²) < 4.78 is 17.2. The minimum Gasteiger partial charge on any atom is -0.460 e. The fourth-order valence-electron chi connectivity index (χ4n) is 2.10. The van der Waals surface area contributed by atoms with Gasteiger partial charge < -0.3 is 14.0 Å². The summed E-state index contributed by atoms with van der Waals surface area (Å²) in [5, 5.41) is 0. The highest BCUT2D eigenvalue weighted by atomic mass is 16.7. The fourth-order valence-corrected chi connectivity index (χ4v) is 2.10. The first kappa shape index (κ1) is 17.9. The lowest BCUT2D eigenvalue weighted by Gasteiger charge is -2.32. The number of nitrogens with zero attached hydrogens (tertiary/aromatic N) is 2. The number of carbonyl (C=O) groups is 1. The predicted molar refractivity (Wildman–Crippen MR) is 87.3 cm³/mol. The summed E-state index contributed by atoms with van der Waals surface area (Å²) in [6, 6.07) is 1.74. The standard InChI is InChI=1S/C16H25BN2O4/c1-14(2,3)21-13(20)10-12-18-9-8-11(19-12)17-22-15(4,5)16(6,7)23-17/h8-9H,10H2,1-7H3. The van der Waals surface area contributed by atoms with Gasteiger partial charge in [0.1, 0.15) is 17.8 Å². The molecule has 0 radical (unpaired) electrons. The molecule has 126 valence electrons. The number of hydrogen-bond donors (Lipinski definition) is 0. The van der Waals surface area contributed by atoms with Crippen LogP contribution in [0.2, 0.25) is 0 Å². The summed E-state index contributed by atoms with van der Waals surface area (Å²) in [7, 11) is -0.569. The zero-order chi connectivity index (χ0) is 17.5. The molecule has 1 aromatic heterocycles. The smallest absolute Gasteiger partial charge is 0.460 e. The SMILES string of the molecule is CC(C)(C)OC(=O)Cc1nccc(B2OC(C)(C)C(C)(C)O2)n1. The second kappa shape index (κ2) is 5.87. The Kier molecular flexibility index (Phi) is 4.56. The van der Waals surface area contributed by atoms with Gasteiger partial charge in [-0.1, -0.05) is 0 Å². The molecule has 2 rings (SSSR count). The molecule has 1 fully saturated rings. The van der Waals surface area contributed by atoms with E-state index in [9.17, 15) is 4.79 Å². The minimum absolute atomic E-state index is 0.0185. The maximum Gasteiger partial charge on any atom is 0.514 e. The molecule has 1 saturated heterocycles. The number of rotatable bonds is 3. The third-order valence-electron chi connectivity index (χ3n) is 3.94. The van der Waals surface area contributed by atoms with Gasteiger partial charge in [-0.25, -0.2) is 9.97 Å². The number of ether oxygens (including phenoxy) is 1. The van der Waals surface area contributed by atoms with Crippen molar-refractivity contribution in [2.45, 2.75) is 71.7 Å². The molecule has 0 aliphatic carbocycles. The Labute approximate surface area is 138 Å². The van der Waals surface area contributed by atoms with E-state index in [2.05, 4.69) is 9.97 Å². The molecule has 1 aliphatic rings. The zero-order valence-corrected chi connectivity index (χ0v) is 15.0. The summed E-state index contributed by atoms with van der Waals surface area (Å²) in [6.45, 7) is 13.4. The van der Waals surface area contributed by atoms with Gasteiger partial charge in [0, 0.05) is 6.20 Å². The molecule has 0 unspecified atom stereocenters. The molecule has 0 aromatic carbocycles. The van der Waals surface area contributed by atoms with E-state index in [-0.39, 0.29) is 12.4 Å². The van der Waals surface area contributed by atoms with E-state index < -0.39 is 23.9 Å². The highest BCUT2D eigenvalue weighted by Crippen LogP contribution is 2.36. The molecule has 6 nitrogen and oxygen atoms in total. The molecule has 0 atom stereocenters. The minimum atomic E-state index is -0.569. The highest BCUT2D eigenvalue weighted by Gasteiger charge is 2.52. The van der Waals surface area contributed by atoms with Crippen LogP contribution in [0.25, 0.3) is 0 Å². The van der Waals surface area contributed by atoms with Crippen LogP contribution in [-0.2, 0) is 25.3 Å². The van der Waals surface area contributed by atoms with Crippen LogP contribution >= 0.6 is 0 Å². The van der Waals surface area contributed by atoms with Gasteiger partial charge in [-0.3, -0.25) is 4.79 Å². The van der Waals surface area contributed by atoms with Crippen LogP contribution in [0.5, 0.6) is 0 Å². The van der Waals surface area contributed by atoms with Gasteiger partial charge >= 0.3 is 13.1 Å². The first-order chi connectivity index (χ1) is 10.4. The van der Waals surface area contributed by atoms with Crippen LogP contribution in [0, 0.1) is 0 Å². The molecule has 2 heterocycles. The van der Waals surface area contributed by atoms with E-state index in [0.29, 0.717) is 11.4 Å². The van der Waals surface area contributed by atoms with E-state index in [0.717, 1.165) is 0 Å². The van der Waals surface area contributed by atoms with E-state index in [4.69, 9.17) is 14.0 Å². The maximum absolute atomic E-state index is 11.9. The van der Waals surface area contributed by atoms with E-state index in [1.807, 2.05) is 48.5 Å². The molecule has 7 heteroatoms. The van der Waals surface area contributed by atoms with Crippen LogP contribution in [0.1, 0.15) is 54.3 Å². The van der Waals surface area contributed by atoms with Crippen LogP contribution in [0.4, 0.5) is 0 Å². The van der Waals surface area contributed by atoms with Gasteiger partial charge in [-0.15, -0.1) is 0 Å². The Morgan fingerprint density at radius 3 is 2.30 bits per heavy atom. The first-order valence-electron chi connectivity index (χ1n) is 7.79. The van der Waals surface area contributed by atoms with Gasteiger partial charge in [0.2, 0.25) is 0 Å². The monoisotopic (exact) mass is 320 g/mol. The lowest BCUT2D eigenvalue weighted by atomic mass is 9.84. The molecule has 0 amide bonds. The van der Waals surface area contributed by atoms with E-state index in [1.54, 1.807) is 12.3 Å². The van der Waals surface area contributed by atoms with Crippen molar-refractivity contribution in [1.82, 2.24) is 9.97 Å². The second-order valence-electron chi connectivity index (χ2n) is 7.75. The van der Waals surface area contributed by atoms with Crippen LogP contribution in [0.15, 0.2) is 12.3 Å². The van der Waals surface area contributed by atoms with Crippen molar-refractivity contribution < 1.29 is 18.8 Å². The Balaban J connectivity index is 2.11.